The van der Waals surface area contributed by atoms with Gasteiger partial charge in [-0.05, 0) is 38.1 Å². The van der Waals surface area contributed by atoms with Gasteiger partial charge in [-0.15, -0.1) is 0 Å². The molecule has 1 aromatic carbocycles. The fourth-order valence-corrected chi connectivity index (χ4v) is 4.49. The molecule has 1 fully saturated rings. The van der Waals surface area contributed by atoms with Crippen molar-refractivity contribution in [2.75, 3.05) is 23.3 Å². The number of benzene rings is 1. The molecule has 2 aliphatic rings. The summed E-state index contributed by atoms with van der Waals surface area (Å²) in [5.41, 5.74) is 1.84. The highest BCUT2D eigenvalue weighted by molar-refractivity contribution is 6.14. The fourth-order valence-electron chi connectivity index (χ4n) is 4.49. The van der Waals surface area contributed by atoms with Gasteiger partial charge in [0.25, 0.3) is 5.91 Å². The van der Waals surface area contributed by atoms with Gasteiger partial charge in [0.1, 0.15) is 11.6 Å². The van der Waals surface area contributed by atoms with E-state index < -0.39 is 5.54 Å². The van der Waals surface area contributed by atoms with E-state index in [0.717, 1.165) is 25.1 Å². The van der Waals surface area contributed by atoms with E-state index in [1.165, 1.54) is 10.6 Å². The molecule has 2 aliphatic heterocycles. The number of quaternary nitrogens is 1. The zero-order chi connectivity index (χ0) is 19.2. The molecule has 1 saturated heterocycles. The number of carbonyl (C=O) groups is 2. The number of para-hydroxylation sites is 2. The molecule has 0 radical (unpaired) electrons. The van der Waals surface area contributed by atoms with E-state index in [1.807, 2.05) is 38.1 Å². The Bertz CT molecular complexity index is 886. The van der Waals surface area contributed by atoms with Gasteiger partial charge in [0.15, 0.2) is 6.54 Å². The fraction of sp³-hybridized carbons (Fsp3) is 0.429. The summed E-state index contributed by atoms with van der Waals surface area (Å²) in [5.74, 6) is -0.150. The number of nitrogens with one attached hydrogen (secondary N) is 2. The Morgan fingerprint density at radius 2 is 2.04 bits per heavy atom. The minimum atomic E-state index is -0.912. The molecule has 3 heterocycles. The molecule has 6 nitrogen and oxygen atoms in total. The van der Waals surface area contributed by atoms with Crippen LogP contribution in [0.25, 0.3) is 0 Å². The number of aromatic nitrogens is 1. The van der Waals surface area contributed by atoms with Crippen LogP contribution in [0, 0.1) is 0 Å². The monoisotopic (exact) mass is 367 g/mol. The lowest BCUT2D eigenvalue weighted by molar-refractivity contribution is -0.910. The summed E-state index contributed by atoms with van der Waals surface area (Å²) < 4.78 is 2.15. The van der Waals surface area contributed by atoms with Gasteiger partial charge in [-0.1, -0.05) is 12.1 Å². The van der Waals surface area contributed by atoms with Gasteiger partial charge in [0, 0.05) is 26.1 Å². The first-order valence-corrected chi connectivity index (χ1v) is 9.59. The number of aryl methyl sites for hydroxylation is 1. The van der Waals surface area contributed by atoms with Crippen molar-refractivity contribution in [3.8, 4) is 0 Å². The van der Waals surface area contributed by atoms with Crippen LogP contribution >= 0.6 is 0 Å². The number of anilines is 2. The Balaban J connectivity index is 1.62. The highest BCUT2D eigenvalue weighted by atomic mass is 16.2. The predicted molar refractivity (Wildman–Crippen MR) is 105 cm³/mol. The maximum absolute atomic E-state index is 13.4. The van der Waals surface area contributed by atoms with Gasteiger partial charge in [-0.3, -0.25) is 14.5 Å². The largest absolute Gasteiger partial charge is 0.350 e. The van der Waals surface area contributed by atoms with Crippen LogP contribution < -0.4 is 15.1 Å². The molecule has 1 aromatic heterocycles. The lowest BCUT2D eigenvalue weighted by Crippen LogP contribution is -3.11. The minimum absolute atomic E-state index is 0.00147. The molecule has 2 atom stereocenters. The van der Waals surface area contributed by atoms with Crippen LogP contribution in [-0.2, 0) is 16.6 Å². The van der Waals surface area contributed by atoms with E-state index >= 15 is 0 Å². The number of hydrogen-bond donors (Lipinski definition) is 2. The van der Waals surface area contributed by atoms with Gasteiger partial charge in [-0.2, -0.15) is 0 Å². The molecule has 2 amide bonds. The van der Waals surface area contributed by atoms with Crippen molar-refractivity contribution in [3.05, 3.63) is 48.3 Å². The lowest BCUT2D eigenvalue weighted by Gasteiger charge is -2.42. The van der Waals surface area contributed by atoms with Crippen LogP contribution in [-0.4, -0.2) is 35.0 Å². The molecule has 1 unspecified atom stereocenters. The number of carbonyl (C=O) groups excluding carboxylic acids is 2. The molecular formula is C21H27N4O2+. The molecule has 0 saturated carbocycles. The zero-order valence-corrected chi connectivity index (χ0v) is 16.2. The number of amides is 2. The van der Waals surface area contributed by atoms with E-state index in [9.17, 15) is 9.59 Å². The van der Waals surface area contributed by atoms with Crippen molar-refractivity contribution in [3.63, 3.8) is 0 Å². The zero-order valence-electron chi connectivity index (χ0n) is 16.2. The average Bonchev–Trinajstić information content (AvgIpc) is 3.24. The maximum atomic E-state index is 13.4. The molecule has 0 bridgehead atoms. The first kappa shape index (κ1) is 17.8. The van der Waals surface area contributed by atoms with Gasteiger partial charge < -0.3 is 14.8 Å². The molecule has 0 aliphatic carbocycles. The van der Waals surface area contributed by atoms with Gasteiger partial charge in [0.2, 0.25) is 5.91 Å². The van der Waals surface area contributed by atoms with Gasteiger partial charge in [-0.25, -0.2) is 0 Å². The van der Waals surface area contributed by atoms with Crippen LogP contribution in [0.3, 0.4) is 0 Å². The number of hydrogen-bond acceptors (Lipinski definition) is 2. The van der Waals surface area contributed by atoms with Crippen LogP contribution in [0.2, 0.25) is 0 Å². The van der Waals surface area contributed by atoms with E-state index in [2.05, 4.69) is 35.3 Å². The van der Waals surface area contributed by atoms with E-state index in [1.54, 1.807) is 4.90 Å². The number of rotatable bonds is 3. The Morgan fingerprint density at radius 3 is 2.78 bits per heavy atom. The summed E-state index contributed by atoms with van der Waals surface area (Å²) in [6.45, 7) is 4.99. The van der Waals surface area contributed by atoms with Crippen LogP contribution in [0.5, 0.6) is 0 Å². The van der Waals surface area contributed by atoms with Gasteiger partial charge >= 0.3 is 0 Å². The van der Waals surface area contributed by atoms with E-state index in [0.29, 0.717) is 18.3 Å². The SMILES string of the molecule is Cn1cccc1[C@H]1CCC[NH+]1CC(=O)N1c2ccccc2NC(=O)C1(C)C. The molecule has 2 aromatic rings. The van der Waals surface area contributed by atoms with Crippen molar-refractivity contribution in [2.24, 2.45) is 7.05 Å². The molecule has 6 heteroatoms. The maximum Gasteiger partial charge on any atom is 0.283 e. The molecule has 27 heavy (non-hydrogen) atoms. The van der Waals surface area contributed by atoms with Crippen LogP contribution in [0.15, 0.2) is 42.6 Å². The van der Waals surface area contributed by atoms with Crippen LogP contribution in [0.4, 0.5) is 11.4 Å². The summed E-state index contributed by atoms with van der Waals surface area (Å²) in [7, 11) is 2.06. The Hall–Kier alpha value is -2.60. The van der Waals surface area contributed by atoms with Crippen molar-refractivity contribution in [1.82, 2.24) is 4.57 Å². The van der Waals surface area contributed by atoms with Crippen molar-refractivity contribution >= 4 is 23.2 Å². The average molecular weight is 367 g/mol. The molecule has 4 rings (SSSR count). The third kappa shape index (κ3) is 2.94. The molecule has 2 N–H and O–H groups in total. The highest BCUT2D eigenvalue weighted by Crippen LogP contribution is 2.36. The Morgan fingerprint density at radius 1 is 1.26 bits per heavy atom. The van der Waals surface area contributed by atoms with Crippen LogP contribution in [0.1, 0.15) is 38.4 Å². The molecular weight excluding hydrogens is 340 g/mol. The number of nitrogens with zero attached hydrogens (tertiary/aromatic N) is 2. The third-order valence-electron chi connectivity index (χ3n) is 5.96. The summed E-state index contributed by atoms with van der Waals surface area (Å²) in [4.78, 5) is 29.0. The summed E-state index contributed by atoms with van der Waals surface area (Å²) >= 11 is 0. The second-order valence-electron chi connectivity index (χ2n) is 8.08. The first-order valence-electron chi connectivity index (χ1n) is 9.59. The predicted octanol–water partition coefficient (Wildman–Crippen LogP) is 1.51. The Labute approximate surface area is 159 Å². The van der Waals surface area contributed by atoms with Crippen molar-refractivity contribution in [2.45, 2.75) is 38.3 Å². The quantitative estimate of drug-likeness (QED) is 0.864. The molecule has 142 valence electrons. The van der Waals surface area contributed by atoms with Gasteiger partial charge in [0.05, 0.1) is 23.6 Å². The minimum Gasteiger partial charge on any atom is -0.350 e. The highest BCUT2D eigenvalue weighted by Gasteiger charge is 2.45. The summed E-state index contributed by atoms with van der Waals surface area (Å²) in [6, 6.07) is 12.1. The van der Waals surface area contributed by atoms with Crippen molar-refractivity contribution < 1.29 is 14.5 Å². The second kappa shape index (κ2) is 6.53. The second-order valence-corrected chi connectivity index (χ2v) is 8.08. The summed E-state index contributed by atoms with van der Waals surface area (Å²) in [6.07, 6.45) is 4.25. The summed E-state index contributed by atoms with van der Waals surface area (Å²) in [5, 5.41) is 2.92. The lowest BCUT2D eigenvalue weighted by atomic mass is 9.96. The standard InChI is InChI=1S/C21H26N4O2/c1-21(2)20(27)22-15-8-4-5-9-16(15)25(21)19(26)14-24-13-7-11-18(24)17-10-6-12-23(17)3/h4-6,8-10,12,18H,7,11,13-14H2,1-3H3,(H,22,27)/p+1/t18-/m1/s1. The van der Waals surface area contributed by atoms with E-state index in [4.69, 9.17) is 0 Å². The number of fused-ring (bicyclic) bond motifs is 1. The van der Waals surface area contributed by atoms with E-state index in [-0.39, 0.29) is 11.8 Å². The van der Waals surface area contributed by atoms with Crippen molar-refractivity contribution in [1.29, 1.82) is 0 Å². The third-order valence-corrected chi connectivity index (χ3v) is 5.96. The molecule has 0 spiro atoms. The topological polar surface area (TPSA) is 58.8 Å². The normalized spacial score (nSPS) is 23.8. The number of likely N-dealkylation sites (tertiary alicyclic amines) is 1. The smallest absolute Gasteiger partial charge is 0.283 e. The Kier molecular flexibility index (Phi) is 4.30. The first-order chi connectivity index (χ1) is 12.9.